The van der Waals surface area contributed by atoms with E-state index < -0.39 is 5.97 Å². The number of methoxy groups -OCH3 is 2. The maximum atomic E-state index is 12.0. The van der Waals surface area contributed by atoms with Crippen LogP contribution in [0.2, 0.25) is 0 Å². The van der Waals surface area contributed by atoms with Gasteiger partial charge < -0.3 is 24.1 Å². The molecule has 1 N–H and O–H groups in total. The molecule has 0 bridgehead atoms. The van der Waals surface area contributed by atoms with Crippen LogP contribution in [0.3, 0.4) is 0 Å². The number of hydrogen-bond donors (Lipinski definition) is 1. The fourth-order valence-corrected chi connectivity index (χ4v) is 4.66. The number of anilines is 1. The van der Waals surface area contributed by atoms with Crippen molar-refractivity contribution in [1.82, 2.24) is 10.3 Å². The van der Waals surface area contributed by atoms with E-state index in [4.69, 9.17) is 26.1 Å². The van der Waals surface area contributed by atoms with Gasteiger partial charge in [-0.25, -0.2) is 4.79 Å². The Hall–Kier alpha value is -4.17. The zero-order chi connectivity index (χ0) is 24.4. The van der Waals surface area contributed by atoms with Gasteiger partial charge in [0.1, 0.15) is 23.3 Å². The smallest absolute Gasteiger partial charge is 0.337 e. The summed E-state index contributed by atoms with van der Waals surface area (Å²) >= 11 is 5.78. The highest BCUT2D eigenvalue weighted by Crippen LogP contribution is 2.45. The molecule has 7 nitrogen and oxygen atoms in total. The number of hydrogen-bond acceptors (Lipinski definition) is 6. The summed E-state index contributed by atoms with van der Waals surface area (Å²) in [5.41, 5.74) is 2.88. The number of esters is 1. The van der Waals surface area contributed by atoms with Crippen molar-refractivity contribution in [1.29, 1.82) is 0 Å². The fourth-order valence-electron chi connectivity index (χ4n) is 4.32. The molecule has 1 fully saturated rings. The summed E-state index contributed by atoms with van der Waals surface area (Å²) in [4.78, 5) is 18.6. The Morgan fingerprint density at radius 3 is 2.63 bits per heavy atom. The highest BCUT2D eigenvalue weighted by molar-refractivity contribution is 7.80. The quantitative estimate of drug-likeness (QED) is 0.291. The van der Waals surface area contributed by atoms with E-state index in [1.54, 1.807) is 31.5 Å². The van der Waals surface area contributed by atoms with Crippen molar-refractivity contribution in [3.8, 4) is 17.1 Å². The number of carbonyl (C=O) groups is 1. The Morgan fingerprint density at radius 1 is 1.03 bits per heavy atom. The summed E-state index contributed by atoms with van der Waals surface area (Å²) in [7, 11) is 3.00. The number of thiocarbonyl (C=S) groups is 1. The number of furan rings is 1. The number of rotatable bonds is 6. The number of benzene rings is 2. The maximum absolute atomic E-state index is 12.0. The lowest BCUT2D eigenvalue weighted by Crippen LogP contribution is -2.29. The van der Waals surface area contributed by atoms with E-state index >= 15 is 0 Å². The Morgan fingerprint density at radius 2 is 1.86 bits per heavy atom. The third-order valence-corrected chi connectivity index (χ3v) is 6.24. The van der Waals surface area contributed by atoms with E-state index in [9.17, 15) is 4.79 Å². The number of nitrogens with one attached hydrogen (secondary N) is 1. The largest absolute Gasteiger partial charge is 0.495 e. The standard InChI is InChI=1S/C27H23N3O4S/c1-32-22-12-4-3-11-20(22)30-25(24(29-27(30)35)19-10-5-6-15-28-19)23-14-13-21(34-23)17-8-7-9-18(16-17)26(31)33-2/h3-16,24-25H,1-2H3,(H,29,35). The van der Waals surface area contributed by atoms with Crippen molar-refractivity contribution >= 4 is 29.0 Å². The Kier molecular flexibility index (Phi) is 6.20. The lowest BCUT2D eigenvalue weighted by molar-refractivity contribution is 0.0601. The van der Waals surface area contributed by atoms with Crippen LogP contribution in [-0.4, -0.2) is 30.3 Å². The second kappa shape index (κ2) is 9.60. The molecule has 2 aromatic heterocycles. The van der Waals surface area contributed by atoms with Gasteiger partial charge in [-0.2, -0.15) is 0 Å². The first kappa shape index (κ1) is 22.6. The summed E-state index contributed by atoms with van der Waals surface area (Å²) in [6.45, 7) is 0. The van der Waals surface area contributed by atoms with Crippen LogP contribution in [0.1, 0.15) is 33.9 Å². The molecule has 35 heavy (non-hydrogen) atoms. The zero-order valence-corrected chi connectivity index (χ0v) is 20.0. The van der Waals surface area contributed by atoms with Crippen LogP contribution in [0.15, 0.2) is 89.5 Å². The van der Waals surface area contributed by atoms with E-state index in [-0.39, 0.29) is 12.1 Å². The number of nitrogens with zero attached hydrogens (tertiary/aromatic N) is 2. The number of para-hydroxylation sites is 2. The van der Waals surface area contributed by atoms with Gasteiger partial charge in [-0.15, -0.1) is 0 Å². The van der Waals surface area contributed by atoms with Gasteiger partial charge in [0, 0.05) is 11.8 Å². The first-order valence-corrected chi connectivity index (χ1v) is 11.4. The van der Waals surface area contributed by atoms with E-state index in [2.05, 4.69) is 10.3 Å². The Balaban J connectivity index is 1.60. The topological polar surface area (TPSA) is 76.8 Å². The minimum atomic E-state index is -0.401. The summed E-state index contributed by atoms with van der Waals surface area (Å²) in [5.74, 6) is 1.61. The summed E-state index contributed by atoms with van der Waals surface area (Å²) in [6, 6.07) is 23.9. The molecule has 1 aliphatic heterocycles. The zero-order valence-electron chi connectivity index (χ0n) is 19.2. The molecule has 8 heteroatoms. The van der Waals surface area contributed by atoms with E-state index in [0.29, 0.717) is 27.9 Å². The number of ether oxygens (including phenoxy) is 2. The second-order valence-electron chi connectivity index (χ2n) is 7.94. The molecule has 2 atom stereocenters. The van der Waals surface area contributed by atoms with Crippen molar-refractivity contribution in [2.45, 2.75) is 12.1 Å². The van der Waals surface area contributed by atoms with Crippen LogP contribution < -0.4 is 15.0 Å². The highest BCUT2D eigenvalue weighted by atomic mass is 32.1. The summed E-state index contributed by atoms with van der Waals surface area (Å²) in [6.07, 6.45) is 1.76. The minimum absolute atomic E-state index is 0.256. The van der Waals surface area contributed by atoms with Gasteiger partial charge in [0.15, 0.2) is 5.11 Å². The van der Waals surface area contributed by atoms with Crippen LogP contribution in [-0.2, 0) is 4.74 Å². The molecular formula is C27H23N3O4S. The molecule has 0 amide bonds. The van der Waals surface area contributed by atoms with Crippen LogP contribution in [0.5, 0.6) is 5.75 Å². The third kappa shape index (κ3) is 4.24. The Labute approximate surface area is 208 Å². The van der Waals surface area contributed by atoms with Gasteiger partial charge in [0.25, 0.3) is 0 Å². The Bertz CT molecular complexity index is 1370. The van der Waals surface area contributed by atoms with Crippen molar-refractivity contribution in [3.05, 3.63) is 102 Å². The molecule has 0 saturated carbocycles. The van der Waals surface area contributed by atoms with Crippen molar-refractivity contribution in [3.63, 3.8) is 0 Å². The monoisotopic (exact) mass is 485 g/mol. The van der Waals surface area contributed by atoms with Crippen molar-refractivity contribution < 1.29 is 18.7 Å². The summed E-state index contributed by atoms with van der Waals surface area (Å²) < 4.78 is 16.9. The second-order valence-corrected chi connectivity index (χ2v) is 8.33. The predicted molar refractivity (Wildman–Crippen MR) is 136 cm³/mol. The number of carbonyl (C=O) groups excluding carboxylic acids is 1. The molecule has 1 aliphatic rings. The van der Waals surface area contributed by atoms with E-state index in [1.165, 1.54) is 7.11 Å². The molecule has 0 spiro atoms. The lowest BCUT2D eigenvalue weighted by Gasteiger charge is -2.27. The predicted octanol–water partition coefficient (Wildman–Crippen LogP) is 5.31. The summed E-state index contributed by atoms with van der Waals surface area (Å²) in [5, 5.41) is 3.96. The molecule has 2 aromatic carbocycles. The average molecular weight is 486 g/mol. The highest BCUT2D eigenvalue weighted by Gasteiger charge is 2.43. The van der Waals surface area contributed by atoms with Crippen LogP contribution in [0.25, 0.3) is 11.3 Å². The molecule has 1 saturated heterocycles. The molecule has 4 aromatic rings. The molecule has 0 aliphatic carbocycles. The van der Waals surface area contributed by atoms with Gasteiger partial charge in [-0.3, -0.25) is 4.98 Å². The van der Waals surface area contributed by atoms with Crippen LogP contribution >= 0.6 is 12.2 Å². The van der Waals surface area contributed by atoms with E-state index in [0.717, 1.165) is 16.9 Å². The van der Waals surface area contributed by atoms with Crippen LogP contribution in [0.4, 0.5) is 5.69 Å². The van der Waals surface area contributed by atoms with Gasteiger partial charge in [-0.05, 0) is 60.7 Å². The van der Waals surface area contributed by atoms with Gasteiger partial charge in [-0.1, -0.05) is 30.3 Å². The molecule has 5 rings (SSSR count). The van der Waals surface area contributed by atoms with Gasteiger partial charge in [0.05, 0.1) is 37.2 Å². The molecular weight excluding hydrogens is 462 g/mol. The molecule has 2 unspecified atom stereocenters. The normalized spacial score (nSPS) is 17.2. The fraction of sp³-hybridized carbons (Fsp3) is 0.148. The lowest BCUT2D eigenvalue weighted by atomic mass is 10.0. The first-order chi connectivity index (χ1) is 17.1. The number of aromatic nitrogens is 1. The maximum Gasteiger partial charge on any atom is 0.337 e. The van der Waals surface area contributed by atoms with Gasteiger partial charge in [0.2, 0.25) is 0 Å². The average Bonchev–Trinajstić information content (AvgIpc) is 3.53. The SMILES string of the molecule is COC(=O)c1cccc(-c2ccc(C3C(c4ccccn4)NC(=S)N3c3ccccc3OC)o2)c1. The van der Waals surface area contributed by atoms with E-state index in [1.807, 2.05) is 65.6 Å². The molecule has 176 valence electrons. The van der Waals surface area contributed by atoms with Crippen molar-refractivity contribution in [2.24, 2.45) is 0 Å². The molecule has 3 heterocycles. The third-order valence-electron chi connectivity index (χ3n) is 5.93. The van der Waals surface area contributed by atoms with Crippen molar-refractivity contribution in [2.75, 3.05) is 19.1 Å². The van der Waals surface area contributed by atoms with Gasteiger partial charge >= 0.3 is 5.97 Å². The van der Waals surface area contributed by atoms with Crippen LogP contribution in [0, 0.1) is 0 Å². The number of pyridine rings is 1. The minimum Gasteiger partial charge on any atom is -0.495 e. The first-order valence-electron chi connectivity index (χ1n) is 11.0. The molecule has 0 radical (unpaired) electrons.